The maximum atomic E-state index is 12.1. The number of benzene rings is 2. The number of urea groups is 1. The molecule has 0 aliphatic heterocycles. The Kier molecular flexibility index (Phi) is 5.79. The topological polar surface area (TPSA) is 41.6 Å². The molecule has 0 saturated carbocycles. The lowest BCUT2D eigenvalue weighted by molar-refractivity contribution is 0.0362. The molecular formula is C17H20N2O2. The molecule has 2 aromatic carbocycles. The molecule has 4 nitrogen and oxygen atoms in total. The predicted octanol–water partition coefficient (Wildman–Crippen LogP) is 3.35. The van der Waals surface area contributed by atoms with E-state index in [0.29, 0.717) is 19.7 Å². The Balaban J connectivity index is 1.80. The lowest BCUT2D eigenvalue weighted by Gasteiger charge is -2.21. The Morgan fingerprint density at radius 3 is 2.14 bits per heavy atom. The van der Waals surface area contributed by atoms with Gasteiger partial charge in [-0.1, -0.05) is 60.7 Å². The summed E-state index contributed by atoms with van der Waals surface area (Å²) in [5.41, 5.74) is 4.60. The van der Waals surface area contributed by atoms with Gasteiger partial charge in [0.05, 0.1) is 6.61 Å². The molecule has 0 heterocycles. The van der Waals surface area contributed by atoms with E-state index in [9.17, 15) is 4.79 Å². The number of hydroxylamine groups is 1. The molecule has 0 saturated heterocycles. The van der Waals surface area contributed by atoms with Crippen LogP contribution in [-0.2, 0) is 18.0 Å². The van der Waals surface area contributed by atoms with Crippen LogP contribution in [0.15, 0.2) is 60.7 Å². The number of rotatable bonds is 6. The first-order valence-corrected chi connectivity index (χ1v) is 7.04. The summed E-state index contributed by atoms with van der Waals surface area (Å²) in [7, 11) is 0. The first-order chi connectivity index (χ1) is 10.3. The van der Waals surface area contributed by atoms with Gasteiger partial charge in [-0.25, -0.2) is 10.3 Å². The van der Waals surface area contributed by atoms with Gasteiger partial charge in [0.1, 0.15) is 0 Å². The molecule has 110 valence electrons. The summed E-state index contributed by atoms with van der Waals surface area (Å²) in [5, 5.41) is 0. The van der Waals surface area contributed by atoms with E-state index < -0.39 is 0 Å². The van der Waals surface area contributed by atoms with Crippen molar-refractivity contribution < 1.29 is 9.63 Å². The van der Waals surface area contributed by atoms with E-state index >= 15 is 0 Å². The normalized spacial score (nSPS) is 10.1. The van der Waals surface area contributed by atoms with Crippen molar-refractivity contribution in [1.29, 1.82) is 0 Å². The lowest BCUT2D eigenvalue weighted by Crippen LogP contribution is -2.39. The van der Waals surface area contributed by atoms with Gasteiger partial charge in [-0.05, 0) is 18.1 Å². The number of carbonyl (C=O) groups excluding carboxylic acids is 1. The molecule has 2 aromatic rings. The quantitative estimate of drug-likeness (QED) is 0.826. The zero-order valence-corrected chi connectivity index (χ0v) is 12.2. The summed E-state index contributed by atoms with van der Waals surface area (Å²) in [6.07, 6.45) is 0. The fourth-order valence-corrected chi connectivity index (χ4v) is 1.95. The number of carbonyl (C=O) groups is 1. The van der Waals surface area contributed by atoms with Gasteiger partial charge in [0.2, 0.25) is 0 Å². The summed E-state index contributed by atoms with van der Waals surface area (Å²) in [6, 6.07) is 19.4. The molecule has 2 rings (SSSR count). The molecule has 0 fully saturated rings. The highest BCUT2D eigenvalue weighted by molar-refractivity contribution is 5.72. The van der Waals surface area contributed by atoms with Crippen LogP contribution in [-0.4, -0.2) is 17.5 Å². The highest BCUT2D eigenvalue weighted by Crippen LogP contribution is 2.05. The maximum absolute atomic E-state index is 12.1. The first-order valence-electron chi connectivity index (χ1n) is 7.04. The van der Waals surface area contributed by atoms with Gasteiger partial charge in [0, 0.05) is 13.1 Å². The van der Waals surface area contributed by atoms with Gasteiger partial charge in [0.15, 0.2) is 0 Å². The first kappa shape index (κ1) is 15.1. The van der Waals surface area contributed by atoms with Crippen LogP contribution in [0.5, 0.6) is 0 Å². The van der Waals surface area contributed by atoms with E-state index in [-0.39, 0.29) is 6.03 Å². The molecule has 0 radical (unpaired) electrons. The Morgan fingerprint density at radius 1 is 1.00 bits per heavy atom. The largest absolute Gasteiger partial charge is 0.341 e. The summed E-state index contributed by atoms with van der Waals surface area (Å²) in [5.74, 6) is 0. The van der Waals surface area contributed by atoms with E-state index in [1.54, 1.807) is 4.90 Å². The third-order valence-corrected chi connectivity index (χ3v) is 3.13. The number of amides is 2. The molecule has 1 N–H and O–H groups in total. The van der Waals surface area contributed by atoms with Gasteiger partial charge in [-0.15, -0.1) is 0 Å². The van der Waals surface area contributed by atoms with Crippen molar-refractivity contribution in [3.8, 4) is 0 Å². The SMILES string of the molecule is CCN(Cc1ccccc1)C(=O)NOCc1ccccc1. The number of hydrogen-bond acceptors (Lipinski definition) is 2. The Bertz CT molecular complexity index is 543. The zero-order chi connectivity index (χ0) is 14.9. The van der Waals surface area contributed by atoms with Gasteiger partial charge in [0.25, 0.3) is 0 Å². The molecule has 0 spiro atoms. The second kappa shape index (κ2) is 8.07. The number of nitrogens with one attached hydrogen (secondary N) is 1. The third-order valence-electron chi connectivity index (χ3n) is 3.13. The molecule has 0 atom stereocenters. The molecule has 0 unspecified atom stereocenters. The van der Waals surface area contributed by atoms with Gasteiger partial charge in [-0.2, -0.15) is 0 Å². The maximum Gasteiger partial charge on any atom is 0.341 e. The van der Waals surface area contributed by atoms with Crippen LogP contribution in [0, 0.1) is 0 Å². The highest BCUT2D eigenvalue weighted by Gasteiger charge is 2.11. The minimum atomic E-state index is -0.225. The summed E-state index contributed by atoms with van der Waals surface area (Å²) in [4.78, 5) is 19.0. The number of nitrogens with zero attached hydrogens (tertiary/aromatic N) is 1. The molecule has 0 aliphatic rings. The van der Waals surface area contributed by atoms with Crippen LogP contribution in [0.2, 0.25) is 0 Å². The zero-order valence-electron chi connectivity index (χ0n) is 12.2. The monoisotopic (exact) mass is 284 g/mol. The van der Waals surface area contributed by atoms with Crippen molar-refractivity contribution in [1.82, 2.24) is 10.4 Å². The number of hydrogen-bond donors (Lipinski definition) is 1. The average molecular weight is 284 g/mol. The Hall–Kier alpha value is -2.33. The van der Waals surface area contributed by atoms with Crippen LogP contribution in [0.25, 0.3) is 0 Å². The summed E-state index contributed by atoms with van der Waals surface area (Å²) >= 11 is 0. The molecular weight excluding hydrogens is 264 g/mol. The van der Waals surface area contributed by atoms with E-state index in [0.717, 1.165) is 11.1 Å². The van der Waals surface area contributed by atoms with Crippen LogP contribution in [0.1, 0.15) is 18.1 Å². The fourth-order valence-electron chi connectivity index (χ4n) is 1.95. The lowest BCUT2D eigenvalue weighted by atomic mass is 10.2. The van der Waals surface area contributed by atoms with Crippen molar-refractivity contribution in [3.05, 3.63) is 71.8 Å². The van der Waals surface area contributed by atoms with E-state index in [2.05, 4.69) is 5.48 Å². The van der Waals surface area contributed by atoms with Crippen molar-refractivity contribution in [2.75, 3.05) is 6.54 Å². The van der Waals surface area contributed by atoms with Crippen molar-refractivity contribution in [3.63, 3.8) is 0 Å². The van der Waals surface area contributed by atoms with Crippen molar-refractivity contribution in [2.45, 2.75) is 20.1 Å². The Labute approximate surface area is 125 Å². The van der Waals surface area contributed by atoms with Crippen LogP contribution >= 0.6 is 0 Å². The van der Waals surface area contributed by atoms with Crippen LogP contribution in [0.4, 0.5) is 4.79 Å². The fraction of sp³-hybridized carbons (Fsp3) is 0.235. The molecule has 2 amide bonds. The van der Waals surface area contributed by atoms with E-state index in [1.807, 2.05) is 67.6 Å². The standard InChI is InChI=1S/C17H20N2O2/c1-2-19(13-15-9-5-3-6-10-15)17(20)18-21-14-16-11-7-4-8-12-16/h3-12H,2,13-14H2,1H3,(H,18,20). The minimum Gasteiger partial charge on any atom is -0.319 e. The van der Waals surface area contributed by atoms with Gasteiger partial charge in [-0.3, -0.25) is 4.84 Å². The summed E-state index contributed by atoms with van der Waals surface area (Å²) in [6.45, 7) is 3.49. The minimum absolute atomic E-state index is 0.225. The van der Waals surface area contributed by atoms with E-state index in [1.165, 1.54) is 0 Å². The predicted molar refractivity (Wildman–Crippen MR) is 82.3 cm³/mol. The van der Waals surface area contributed by atoms with Crippen LogP contribution < -0.4 is 5.48 Å². The molecule has 21 heavy (non-hydrogen) atoms. The average Bonchev–Trinajstić information content (AvgIpc) is 2.54. The van der Waals surface area contributed by atoms with Crippen molar-refractivity contribution in [2.24, 2.45) is 0 Å². The Morgan fingerprint density at radius 2 is 1.57 bits per heavy atom. The van der Waals surface area contributed by atoms with Gasteiger partial charge >= 0.3 is 6.03 Å². The van der Waals surface area contributed by atoms with E-state index in [4.69, 9.17) is 4.84 Å². The summed E-state index contributed by atoms with van der Waals surface area (Å²) < 4.78 is 0. The molecule has 0 aromatic heterocycles. The molecule has 0 bridgehead atoms. The highest BCUT2D eigenvalue weighted by atomic mass is 16.7. The molecule has 4 heteroatoms. The second-order valence-corrected chi connectivity index (χ2v) is 4.68. The smallest absolute Gasteiger partial charge is 0.319 e. The van der Waals surface area contributed by atoms with Crippen LogP contribution in [0.3, 0.4) is 0 Å². The van der Waals surface area contributed by atoms with Gasteiger partial charge < -0.3 is 4.90 Å². The third kappa shape index (κ3) is 4.93. The second-order valence-electron chi connectivity index (χ2n) is 4.68. The molecule has 0 aliphatic carbocycles. The van der Waals surface area contributed by atoms with Crippen molar-refractivity contribution >= 4 is 6.03 Å².